The van der Waals surface area contributed by atoms with E-state index in [1.807, 2.05) is 24.3 Å². The van der Waals surface area contributed by atoms with Gasteiger partial charge in [-0.2, -0.15) is 10.1 Å². The summed E-state index contributed by atoms with van der Waals surface area (Å²) in [5, 5.41) is 14.8. The number of anilines is 5. The van der Waals surface area contributed by atoms with Crippen molar-refractivity contribution in [2.75, 3.05) is 69.0 Å². The number of fused-ring (bicyclic) bond motifs is 1. The number of rotatable bonds is 7. The number of nitrogens with one attached hydrogen (secondary N) is 3. The summed E-state index contributed by atoms with van der Waals surface area (Å²) in [6.45, 7) is 6.83. The topological polar surface area (TPSA) is 97.5 Å². The molecule has 0 unspecified atom stereocenters. The number of nitrogens with zero attached hydrogens (tertiary/aromatic N) is 6. The molecular formula is C28H34BrN9O. The van der Waals surface area contributed by atoms with Gasteiger partial charge in [-0.1, -0.05) is 0 Å². The first-order chi connectivity index (χ1) is 19.1. The van der Waals surface area contributed by atoms with Gasteiger partial charge in [0.15, 0.2) is 0 Å². The molecule has 4 aromatic rings. The molecular weight excluding hydrogens is 558 g/mol. The zero-order valence-electron chi connectivity index (χ0n) is 22.3. The molecule has 2 aromatic heterocycles. The van der Waals surface area contributed by atoms with Crippen LogP contribution in [0, 0.1) is 0 Å². The van der Waals surface area contributed by atoms with E-state index in [2.05, 4.69) is 75.6 Å². The largest absolute Gasteiger partial charge is 0.494 e. The standard InChI is InChI=1S/C28H34BrN9O/c1-36-11-13-38(14-12-36)21-7-9-37(10-8-21)22-4-6-25(26(16-22)39-2)33-28-30-18-23(29)27(34-28)32-20-3-5-24-19(15-20)17-31-35-24/h3-6,15-18,21H,7-14H2,1-2H3,(H,31,35)(H2,30,32,33,34). The van der Waals surface area contributed by atoms with Crippen LogP contribution in [0.15, 0.2) is 53.3 Å². The maximum Gasteiger partial charge on any atom is 0.229 e. The number of piperidine rings is 1. The Bertz CT molecular complexity index is 1430. The molecule has 0 aliphatic carbocycles. The third-order valence-corrected chi connectivity index (χ3v) is 8.34. The monoisotopic (exact) mass is 591 g/mol. The highest BCUT2D eigenvalue weighted by molar-refractivity contribution is 9.10. The van der Waals surface area contributed by atoms with Crippen LogP contribution in [-0.4, -0.2) is 89.4 Å². The Morgan fingerprint density at radius 1 is 0.974 bits per heavy atom. The lowest BCUT2D eigenvalue weighted by Gasteiger charge is -2.42. The van der Waals surface area contributed by atoms with E-state index in [9.17, 15) is 0 Å². The Kier molecular flexibility index (Phi) is 7.53. The molecule has 6 rings (SSSR count). The lowest BCUT2D eigenvalue weighted by molar-refractivity contribution is 0.0982. The Labute approximate surface area is 236 Å². The predicted octanol–water partition coefficient (Wildman–Crippen LogP) is 4.83. The molecule has 0 amide bonds. The molecule has 0 saturated carbocycles. The number of halogens is 1. The zero-order valence-corrected chi connectivity index (χ0v) is 23.9. The van der Waals surface area contributed by atoms with Crippen molar-refractivity contribution in [1.82, 2.24) is 30.0 Å². The van der Waals surface area contributed by atoms with E-state index < -0.39 is 0 Å². The summed E-state index contributed by atoms with van der Waals surface area (Å²) in [7, 11) is 3.92. The maximum absolute atomic E-state index is 5.77. The maximum atomic E-state index is 5.77. The van der Waals surface area contributed by atoms with Crippen LogP contribution >= 0.6 is 15.9 Å². The SMILES string of the molecule is COc1cc(N2CCC(N3CCN(C)CC3)CC2)ccc1Nc1ncc(Br)c(Nc2ccc3[nH]ncc3c2)n1. The van der Waals surface area contributed by atoms with Gasteiger partial charge >= 0.3 is 0 Å². The minimum Gasteiger partial charge on any atom is -0.494 e. The molecule has 0 spiro atoms. The Balaban J connectivity index is 1.12. The average Bonchev–Trinajstić information content (AvgIpc) is 3.44. The highest BCUT2D eigenvalue weighted by Gasteiger charge is 2.27. The van der Waals surface area contributed by atoms with Crippen LogP contribution < -0.4 is 20.3 Å². The zero-order chi connectivity index (χ0) is 26.8. The minimum absolute atomic E-state index is 0.476. The van der Waals surface area contributed by atoms with E-state index in [4.69, 9.17) is 9.72 Å². The number of piperazine rings is 1. The van der Waals surface area contributed by atoms with Crippen LogP contribution in [-0.2, 0) is 0 Å². The van der Waals surface area contributed by atoms with E-state index in [-0.39, 0.29) is 0 Å². The Morgan fingerprint density at radius 2 is 1.79 bits per heavy atom. The van der Waals surface area contributed by atoms with Gasteiger partial charge in [0, 0.05) is 74.3 Å². The van der Waals surface area contributed by atoms with Gasteiger partial charge in [-0.25, -0.2) is 4.98 Å². The fourth-order valence-electron chi connectivity index (χ4n) is 5.45. The van der Waals surface area contributed by atoms with Gasteiger partial charge in [-0.3, -0.25) is 10.00 Å². The second-order valence-corrected chi connectivity index (χ2v) is 11.1. The number of aromatic nitrogens is 4. The van der Waals surface area contributed by atoms with E-state index in [1.165, 1.54) is 44.7 Å². The molecule has 0 radical (unpaired) electrons. The number of aromatic amines is 1. The Hall–Kier alpha value is -3.41. The number of H-pyrrole nitrogens is 1. The summed E-state index contributed by atoms with van der Waals surface area (Å²) < 4.78 is 6.53. The van der Waals surface area contributed by atoms with Crippen molar-refractivity contribution < 1.29 is 4.74 Å². The molecule has 0 atom stereocenters. The van der Waals surface area contributed by atoms with Crippen molar-refractivity contribution in [2.24, 2.45) is 0 Å². The number of hydrogen-bond acceptors (Lipinski definition) is 9. The normalized spacial score (nSPS) is 17.5. The number of ether oxygens (including phenoxy) is 1. The predicted molar refractivity (Wildman–Crippen MR) is 160 cm³/mol. The summed E-state index contributed by atoms with van der Waals surface area (Å²) >= 11 is 3.56. The van der Waals surface area contributed by atoms with Crippen molar-refractivity contribution in [3.8, 4) is 5.75 Å². The fraction of sp³-hybridized carbons (Fsp3) is 0.393. The van der Waals surface area contributed by atoms with Gasteiger partial charge in [0.25, 0.3) is 0 Å². The quantitative estimate of drug-likeness (QED) is 0.279. The third kappa shape index (κ3) is 5.80. The number of hydrogen-bond donors (Lipinski definition) is 3. The number of likely N-dealkylation sites (N-methyl/N-ethyl adjacent to an activating group) is 1. The van der Waals surface area contributed by atoms with Crippen molar-refractivity contribution in [1.29, 1.82) is 0 Å². The smallest absolute Gasteiger partial charge is 0.229 e. The molecule has 3 N–H and O–H groups in total. The lowest BCUT2D eigenvalue weighted by atomic mass is 10.0. The second kappa shape index (κ2) is 11.4. The first kappa shape index (κ1) is 25.8. The van der Waals surface area contributed by atoms with Gasteiger partial charge < -0.3 is 25.2 Å². The van der Waals surface area contributed by atoms with Gasteiger partial charge in [0.1, 0.15) is 11.6 Å². The molecule has 0 bridgehead atoms. The Morgan fingerprint density at radius 3 is 2.59 bits per heavy atom. The van der Waals surface area contributed by atoms with E-state index in [0.29, 0.717) is 17.8 Å². The molecule has 2 aromatic carbocycles. The lowest BCUT2D eigenvalue weighted by Crippen LogP contribution is -2.52. The summed E-state index contributed by atoms with van der Waals surface area (Å²) in [4.78, 5) is 16.7. The van der Waals surface area contributed by atoms with Crippen LogP contribution in [0.5, 0.6) is 5.75 Å². The summed E-state index contributed by atoms with van der Waals surface area (Å²) in [6.07, 6.45) is 5.93. The minimum atomic E-state index is 0.476. The first-order valence-corrected chi connectivity index (χ1v) is 14.2. The fourth-order valence-corrected chi connectivity index (χ4v) is 5.74. The van der Waals surface area contributed by atoms with E-state index in [1.54, 1.807) is 19.5 Å². The molecule has 11 heteroatoms. The van der Waals surface area contributed by atoms with Gasteiger partial charge in [0.05, 0.1) is 29.0 Å². The second-order valence-electron chi connectivity index (χ2n) is 10.3. The van der Waals surface area contributed by atoms with Gasteiger partial charge in [-0.15, -0.1) is 0 Å². The van der Waals surface area contributed by atoms with Crippen molar-refractivity contribution >= 4 is 55.7 Å². The van der Waals surface area contributed by atoms with Crippen LogP contribution in [0.1, 0.15) is 12.8 Å². The number of methoxy groups -OCH3 is 1. The summed E-state index contributed by atoms with van der Waals surface area (Å²) in [5.41, 5.74) is 3.90. The van der Waals surface area contributed by atoms with Crippen LogP contribution in [0.4, 0.5) is 28.8 Å². The van der Waals surface area contributed by atoms with Crippen molar-refractivity contribution in [3.05, 3.63) is 53.3 Å². The van der Waals surface area contributed by atoms with Crippen LogP contribution in [0.2, 0.25) is 0 Å². The molecule has 4 heterocycles. The highest BCUT2D eigenvalue weighted by Crippen LogP contribution is 2.34. The molecule has 2 fully saturated rings. The van der Waals surface area contributed by atoms with Gasteiger partial charge in [-0.05, 0) is 66.2 Å². The third-order valence-electron chi connectivity index (χ3n) is 7.76. The molecule has 10 nitrogen and oxygen atoms in total. The van der Waals surface area contributed by atoms with E-state index >= 15 is 0 Å². The molecule has 2 saturated heterocycles. The van der Waals surface area contributed by atoms with Crippen LogP contribution in [0.25, 0.3) is 10.9 Å². The van der Waals surface area contributed by atoms with Crippen molar-refractivity contribution in [3.63, 3.8) is 0 Å². The van der Waals surface area contributed by atoms with E-state index in [0.717, 1.165) is 45.6 Å². The van der Waals surface area contributed by atoms with Crippen molar-refractivity contribution in [2.45, 2.75) is 18.9 Å². The first-order valence-electron chi connectivity index (χ1n) is 13.4. The molecule has 39 heavy (non-hydrogen) atoms. The molecule has 2 aliphatic rings. The van der Waals surface area contributed by atoms with Gasteiger partial charge in [0.2, 0.25) is 5.95 Å². The molecule has 204 valence electrons. The highest BCUT2D eigenvalue weighted by atomic mass is 79.9. The average molecular weight is 593 g/mol. The summed E-state index contributed by atoms with van der Waals surface area (Å²) in [6, 6.07) is 13.0. The number of benzene rings is 2. The summed E-state index contributed by atoms with van der Waals surface area (Å²) in [5.74, 6) is 1.90. The van der Waals surface area contributed by atoms with Crippen LogP contribution in [0.3, 0.4) is 0 Å². The molecule has 2 aliphatic heterocycles.